The van der Waals surface area contributed by atoms with Gasteiger partial charge in [-0.15, -0.1) is 21.5 Å². The van der Waals surface area contributed by atoms with Gasteiger partial charge in [-0.1, -0.05) is 72.8 Å². The Morgan fingerprint density at radius 2 is 1.49 bits per heavy atom. The second-order valence-corrected chi connectivity index (χ2v) is 14.0. The molecular weight excluding hydrogens is 607 g/mol. The highest BCUT2D eigenvalue weighted by Gasteiger charge is 2.42. The zero-order valence-corrected chi connectivity index (χ0v) is 27.9. The molecule has 2 atom stereocenters. The Hall–Kier alpha value is -4.60. The van der Waals surface area contributed by atoms with Crippen molar-refractivity contribution in [2.45, 2.75) is 52.2 Å². The molecule has 47 heavy (non-hydrogen) atoms. The number of hydrogen-bond donors (Lipinski definition) is 2. The lowest BCUT2D eigenvalue weighted by molar-refractivity contribution is -0.141. The van der Waals surface area contributed by atoms with Gasteiger partial charge in [-0.2, -0.15) is 0 Å². The number of rotatable bonds is 7. The molecule has 0 amide bonds. The highest BCUT2D eigenvalue weighted by molar-refractivity contribution is 7.15. The van der Waals surface area contributed by atoms with Gasteiger partial charge in [0.15, 0.2) is 5.82 Å². The summed E-state index contributed by atoms with van der Waals surface area (Å²) < 4.78 is 1.99. The number of carbonyl (C=O) groups is 1. The number of aliphatic carboxylic acids is 1. The Kier molecular flexibility index (Phi) is 8.06. The molecule has 7 rings (SSSR count). The number of piperidine rings is 1. The van der Waals surface area contributed by atoms with Crippen LogP contribution in [-0.2, 0) is 10.4 Å². The van der Waals surface area contributed by atoms with E-state index in [0.717, 1.165) is 70.1 Å². The van der Waals surface area contributed by atoms with Gasteiger partial charge in [0.25, 0.3) is 0 Å². The van der Waals surface area contributed by atoms with E-state index in [1.54, 1.807) is 18.3 Å². The van der Waals surface area contributed by atoms with Crippen LogP contribution in [0.2, 0.25) is 0 Å². The number of aromatic nitrogens is 3. The monoisotopic (exact) mass is 645 g/mol. The first-order valence-corrected chi connectivity index (χ1v) is 17.0. The highest BCUT2D eigenvalue weighted by atomic mass is 32.1. The summed E-state index contributed by atoms with van der Waals surface area (Å²) >= 11 is 1.66. The number of thiophene rings is 1. The maximum absolute atomic E-state index is 12.3. The Labute approximate surface area is 279 Å². The maximum atomic E-state index is 12.3. The second-order valence-electron chi connectivity index (χ2n) is 12.8. The summed E-state index contributed by atoms with van der Waals surface area (Å²) in [5, 5.41) is 32.1. The maximum Gasteiger partial charge on any atom is 0.308 e. The third-order valence-corrected chi connectivity index (χ3v) is 11.3. The molecule has 4 heterocycles. The van der Waals surface area contributed by atoms with E-state index < -0.39 is 23.5 Å². The first-order chi connectivity index (χ1) is 22.7. The number of aryl methyl sites for hydroxylation is 2. The quantitative estimate of drug-likeness (QED) is 0.197. The topological polar surface area (TPSA) is 104 Å². The van der Waals surface area contributed by atoms with E-state index in [2.05, 4.69) is 53.2 Å². The molecule has 3 aromatic carbocycles. The zero-order valence-electron chi connectivity index (χ0n) is 27.1. The standard InChI is InChI=1S/C38H39N5O3S/c1-23-25(3)47-36-32(23)34(39-33(24(2)37(44)45)35-41-40-26(4)43(35)36)27-15-17-31(18-16-27)42-21-19-30(20-22-42)38(46,28-11-7-5-8-12-28)29-13-9-6-10-14-29/h5-18,24,30,33,46H,19-22H2,1-4H3,(H,44,45)/t24?,33-/m0/s1. The van der Waals surface area contributed by atoms with E-state index in [1.807, 2.05) is 72.2 Å². The Bertz CT molecular complexity index is 1900. The number of aliphatic imine (C=N–C) groups is 1. The number of aliphatic hydroxyl groups is 1. The van der Waals surface area contributed by atoms with Crippen molar-refractivity contribution in [2.24, 2.45) is 16.8 Å². The number of carboxylic acid groups (broad SMARTS) is 1. The smallest absolute Gasteiger partial charge is 0.308 e. The van der Waals surface area contributed by atoms with Gasteiger partial charge in [-0.05, 0) is 75.3 Å². The third kappa shape index (κ3) is 5.27. The first kappa shape index (κ1) is 31.0. The molecule has 240 valence electrons. The summed E-state index contributed by atoms with van der Waals surface area (Å²) in [6.45, 7) is 9.44. The van der Waals surface area contributed by atoms with Gasteiger partial charge in [-0.3, -0.25) is 14.4 Å². The third-order valence-electron chi connectivity index (χ3n) is 10.1. The van der Waals surface area contributed by atoms with E-state index in [1.165, 1.54) is 4.88 Å². The molecule has 1 unspecified atom stereocenters. The Morgan fingerprint density at radius 1 is 0.894 bits per heavy atom. The summed E-state index contributed by atoms with van der Waals surface area (Å²) in [6.07, 6.45) is 1.69. The highest BCUT2D eigenvalue weighted by Crippen LogP contribution is 2.43. The molecule has 0 radical (unpaired) electrons. The van der Waals surface area contributed by atoms with Gasteiger partial charge in [-0.25, -0.2) is 0 Å². The van der Waals surface area contributed by atoms with Gasteiger partial charge in [0.2, 0.25) is 0 Å². The normalized spacial score (nSPS) is 17.4. The van der Waals surface area contributed by atoms with Crippen LogP contribution < -0.4 is 4.90 Å². The SMILES string of the molecule is Cc1sc2c(c1C)C(c1ccc(N3CCC(C(O)(c4ccccc4)c4ccccc4)CC3)cc1)=N[C@@H](C(C)C(=O)O)c1nnc(C)n1-2. The van der Waals surface area contributed by atoms with Crippen LogP contribution in [-0.4, -0.2) is 49.7 Å². The van der Waals surface area contributed by atoms with Crippen LogP contribution in [0, 0.1) is 32.6 Å². The number of anilines is 1. The van der Waals surface area contributed by atoms with Crippen LogP contribution in [0.25, 0.3) is 5.00 Å². The van der Waals surface area contributed by atoms with Crippen molar-refractivity contribution >= 4 is 28.7 Å². The van der Waals surface area contributed by atoms with E-state index in [9.17, 15) is 15.0 Å². The predicted octanol–water partition coefficient (Wildman–Crippen LogP) is 7.02. The van der Waals surface area contributed by atoms with Crippen molar-refractivity contribution in [1.82, 2.24) is 14.8 Å². The minimum atomic E-state index is -1.06. The van der Waals surface area contributed by atoms with Crippen LogP contribution >= 0.6 is 11.3 Å². The number of hydrogen-bond acceptors (Lipinski definition) is 7. The zero-order chi connectivity index (χ0) is 32.9. The molecule has 2 N–H and O–H groups in total. The molecule has 2 aromatic heterocycles. The first-order valence-electron chi connectivity index (χ1n) is 16.2. The molecule has 0 aliphatic carbocycles. The summed E-state index contributed by atoms with van der Waals surface area (Å²) in [7, 11) is 0. The van der Waals surface area contributed by atoms with Crippen molar-refractivity contribution in [2.75, 3.05) is 18.0 Å². The summed E-state index contributed by atoms with van der Waals surface area (Å²) in [4.78, 5) is 20.9. The number of fused-ring (bicyclic) bond motifs is 3. The second kappa shape index (κ2) is 12.2. The number of benzene rings is 3. The van der Waals surface area contributed by atoms with Crippen molar-refractivity contribution in [3.05, 3.63) is 129 Å². The van der Waals surface area contributed by atoms with E-state index >= 15 is 0 Å². The largest absolute Gasteiger partial charge is 0.481 e. The van der Waals surface area contributed by atoms with E-state index in [4.69, 9.17) is 4.99 Å². The molecule has 9 heteroatoms. The van der Waals surface area contributed by atoms with Gasteiger partial charge in [0, 0.05) is 34.8 Å². The average molecular weight is 646 g/mol. The van der Waals surface area contributed by atoms with Gasteiger partial charge in [0.05, 0.1) is 11.6 Å². The molecule has 0 bridgehead atoms. The van der Waals surface area contributed by atoms with Crippen molar-refractivity contribution < 1.29 is 15.0 Å². The van der Waals surface area contributed by atoms with Gasteiger partial charge in [0.1, 0.15) is 22.5 Å². The van der Waals surface area contributed by atoms with E-state index in [-0.39, 0.29) is 5.92 Å². The molecule has 1 saturated heterocycles. The lowest BCUT2D eigenvalue weighted by Crippen LogP contribution is -2.44. The Balaban J connectivity index is 1.19. The van der Waals surface area contributed by atoms with Crippen molar-refractivity contribution in [3.63, 3.8) is 0 Å². The minimum absolute atomic E-state index is 0.0731. The average Bonchev–Trinajstić information content (AvgIpc) is 3.58. The molecule has 0 spiro atoms. The van der Waals surface area contributed by atoms with Crippen LogP contribution in [0.1, 0.15) is 70.2 Å². The molecule has 8 nitrogen and oxygen atoms in total. The lowest BCUT2D eigenvalue weighted by atomic mass is 9.72. The fourth-order valence-electron chi connectivity index (χ4n) is 7.23. The predicted molar refractivity (Wildman–Crippen MR) is 186 cm³/mol. The molecule has 2 aliphatic heterocycles. The van der Waals surface area contributed by atoms with Crippen LogP contribution in [0.5, 0.6) is 0 Å². The summed E-state index contributed by atoms with van der Waals surface area (Å²) in [6, 6.07) is 27.9. The lowest BCUT2D eigenvalue weighted by Gasteiger charge is -2.43. The number of nitrogens with zero attached hydrogens (tertiary/aromatic N) is 5. The van der Waals surface area contributed by atoms with Crippen LogP contribution in [0.15, 0.2) is 89.9 Å². The fourth-order valence-corrected chi connectivity index (χ4v) is 8.44. The van der Waals surface area contributed by atoms with Crippen LogP contribution in [0.3, 0.4) is 0 Å². The molecule has 1 fully saturated rings. The molecule has 5 aromatic rings. The molecule has 0 saturated carbocycles. The van der Waals surface area contributed by atoms with Crippen molar-refractivity contribution in [3.8, 4) is 5.00 Å². The Morgan fingerprint density at radius 3 is 2.06 bits per heavy atom. The minimum Gasteiger partial charge on any atom is -0.481 e. The summed E-state index contributed by atoms with van der Waals surface area (Å²) in [5.74, 6) is -0.363. The van der Waals surface area contributed by atoms with Gasteiger partial charge < -0.3 is 15.1 Å². The van der Waals surface area contributed by atoms with Crippen LogP contribution in [0.4, 0.5) is 5.69 Å². The van der Waals surface area contributed by atoms with Gasteiger partial charge >= 0.3 is 5.97 Å². The number of carboxylic acids is 1. The van der Waals surface area contributed by atoms with E-state index in [0.29, 0.717) is 11.6 Å². The molecular formula is C38H39N5O3S. The fraction of sp³-hybridized carbons (Fsp3) is 0.316. The summed E-state index contributed by atoms with van der Waals surface area (Å²) in [5.41, 5.74) is 5.77. The molecule has 2 aliphatic rings. The van der Waals surface area contributed by atoms with Crippen molar-refractivity contribution in [1.29, 1.82) is 0 Å².